The Morgan fingerprint density at radius 1 is 1.45 bits per heavy atom. The zero-order chi connectivity index (χ0) is 9.07. The summed E-state index contributed by atoms with van der Waals surface area (Å²) in [6, 6.07) is 0. The normalized spacial score (nSPS) is 13.5. The summed E-state index contributed by atoms with van der Waals surface area (Å²) in [6.07, 6.45) is 0. The van der Waals surface area contributed by atoms with Crippen molar-refractivity contribution in [2.75, 3.05) is 13.6 Å². The van der Waals surface area contributed by atoms with Gasteiger partial charge in [0.05, 0.1) is 22.9 Å². The fraction of sp³-hybridized carbons (Fsp3) is 0.875. The van der Waals surface area contributed by atoms with Crippen LogP contribution in [0.4, 0.5) is 0 Å². The Bertz CT molecular complexity index is 147. The van der Waals surface area contributed by atoms with Crippen LogP contribution in [0.1, 0.15) is 27.7 Å². The molecule has 0 bridgehead atoms. The van der Waals surface area contributed by atoms with E-state index in [1.165, 1.54) is 0 Å². The molecule has 0 aromatic carbocycles. The van der Waals surface area contributed by atoms with E-state index in [1.807, 2.05) is 0 Å². The van der Waals surface area contributed by atoms with Crippen molar-refractivity contribution >= 4 is 28.7 Å². The Labute approximate surface area is 83.6 Å². The number of halogens is 1. The lowest BCUT2D eigenvalue weighted by Crippen LogP contribution is -2.36. The van der Waals surface area contributed by atoms with Crippen molar-refractivity contribution in [2.45, 2.75) is 27.7 Å². The van der Waals surface area contributed by atoms with E-state index in [1.54, 1.807) is 0 Å². The van der Waals surface area contributed by atoms with Crippen molar-refractivity contribution in [1.29, 1.82) is 0 Å². The topological polar surface area (TPSA) is 15.6 Å². The highest BCUT2D eigenvalue weighted by atomic mass is 127. The molecule has 0 aliphatic carbocycles. The van der Waals surface area contributed by atoms with Gasteiger partial charge in [0.2, 0.25) is 0 Å². The third-order valence-corrected chi connectivity index (χ3v) is 2.04. The number of amidine groups is 1. The zero-order valence-corrected chi connectivity index (χ0v) is 10.1. The first-order valence-electron chi connectivity index (χ1n) is 3.84. The van der Waals surface area contributed by atoms with Crippen LogP contribution >= 0.6 is 22.9 Å². The van der Waals surface area contributed by atoms with Crippen molar-refractivity contribution in [2.24, 2.45) is 8.62 Å². The molecule has 0 spiro atoms. The molecule has 0 rings (SSSR count). The van der Waals surface area contributed by atoms with Crippen LogP contribution in [0.5, 0.6) is 0 Å². The lowest BCUT2D eigenvalue weighted by molar-refractivity contribution is 0.445. The van der Waals surface area contributed by atoms with Gasteiger partial charge in [-0.1, -0.05) is 20.8 Å². The lowest BCUT2D eigenvalue weighted by Gasteiger charge is -2.28. The number of hydrogen-bond acceptors (Lipinski definition) is 1. The highest BCUT2D eigenvalue weighted by molar-refractivity contribution is 14.1. The third-order valence-electron chi connectivity index (χ3n) is 1.59. The average molecular weight is 268 g/mol. The summed E-state index contributed by atoms with van der Waals surface area (Å²) in [6.45, 7) is 9.68. The first kappa shape index (κ1) is 11.2. The Kier molecular flexibility index (Phi) is 4.36. The second kappa shape index (κ2) is 4.28. The summed E-state index contributed by atoms with van der Waals surface area (Å²) in [5.41, 5.74) is 0.159. The summed E-state index contributed by atoms with van der Waals surface area (Å²) in [7, 11) is 2.07. The Balaban J connectivity index is 4.44. The summed E-state index contributed by atoms with van der Waals surface area (Å²) in [5.74, 6) is 1.15. The van der Waals surface area contributed by atoms with Crippen LogP contribution in [-0.4, -0.2) is 24.3 Å². The first-order valence-corrected chi connectivity index (χ1v) is 4.80. The third kappa shape index (κ3) is 3.40. The van der Waals surface area contributed by atoms with Gasteiger partial charge in [-0.25, -0.2) is 3.21 Å². The van der Waals surface area contributed by atoms with E-state index in [4.69, 9.17) is 0 Å². The highest BCUT2D eigenvalue weighted by Crippen LogP contribution is 2.19. The van der Waals surface area contributed by atoms with Gasteiger partial charge in [0.25, 0.3) is 0 Å². The fourth-order valence-electron chi connectivity index (χ4n) is 0.914. The van der Waals surface area contributed by atoms with E-state index in [2.05, 4.69) is 65.7 Å². The second-order valence-electron chi connectivity index (χ2n) is 3.67. The smallest absolute Gasteiger partial charge is 0.116 e. The van der Waals surface area contributed by atoms with E-state index < -0.39 is 0 Å². The molecule has 2 nitrogen and oxygen atoms in total. The molecule has 11 heavy (non-hydrogen) atoms. The van der Waals surface area contributed by atoms with Gasteiger partial charge in [-0.15, -0.1) is 0 Å². The van der Waals surface area contributed by atoms with Crippen molar-refractivity contribution in [3.8, 4) is 0 Å². The largest absolute Gasteiger partial charge is 0.363 e. The van der Waals surface area contributed by atoms with Crippen molar-refractivity contribution < 1.29 is 0 Å². The molecule has 0 N–H and O–H groups in total. The van der Waals surface area contributed by atoms with E-state index >= 15 is 0 Å². The predicted molar refractivity (Wildman–Crippen MR) is 59.2 cm³/mol. The van der Waals surface area contributed by atoms with Gasteiger partial charge in [-0.3, -0.25) is 0 Å². The SMILES string of the molecule is CCN(C)C(=NI)C(C)(C)C. The average Bonchev–Trinajstić information content (AvgIpc) is 1.86. The van der Waals surface area contributed by atoms with Crippen LogP contribution < -0.4 is 0 Å². The standard InChI is InChI=1S/C8H17IN2/c1-6-11(5)7(10-9)8(2,3)4/h6H2,1-5H3. The molecule has 0 atom stereocenters. The number of hydrogen-bond donors (Lipinski definition) is 0. The van der Waals surface area contributed by atoms with Gasteiger partial charge in [-0.05, 0) is 6.92 Å². The van der Waals surface area contributed by atoms with Gasteiger partial charge in [0, 0.05) is 19.0 Å². The quantitative estimate of drug-likeness (QED) is 0.405. The molecule has 0 heterocycles. The molecule has 0 saturated heterocycles. The minimum absolute atomic E-state index is 0.159. The molecule has 0 radical (unpaired) electrons. The van der Waals surface area contributed by atoms with Crippen molar-refractivity contribution in [3.63, 3.8) is 0 Å². The maximum Gasteiger partial charge on any atom is 0.116 e. The summed E-state index contributed by atoms with van der Waals surface area (Å²) < 4.78 is 4.24. The number of nitrogens with zero attached hydrogens (tertiary/aromatic N) is 2. The molecule has 0 saturated carbocycles. The molecule has 0 aliphatic rings. The lowest BCUT2D eigenvalue weighted by atomic mass is 9.94. The molecule has 0 amide bonds. The van der Waals surface area contributed by atoms with E-state index in [-0.39, 0.29) is 5.41 Å². The van der Waals surface area contributed by atoms with Crippen LogP contribution in [0.15, 0.2) is 3.21 Å². The molecule has 3 heteroatoms. The Hall–Kier alpha value is 0.200. The Morgan fingerprint density at radius 2 is 1.91 bits per heavy atom. The summed E-state index contributed by atoms with van der Waals surface area (Å²) in [4.78, 5) is 2.17. The highest BCUT2D eigenvalue weighted by Gasteiger charge is 2.21. The van der Waals surface area contributed by atoms with Crippen LogP contribution in [0.3, 0.4) is 0 Å². The van der Waals surface area contributed by atoms with Gasteiger partial charge in [0.1, 0.15) is 5.84 Å². The molecule has 0 aliphatic heterocycles. The number of rotatable bonds is 1. The van der Waals surface area contributed by atoms with Gasteiger partial charge < -0.3 is 4.90 Å². The van der Waals surface area contributed by atoms with E-state index in [0.717, 1.165) is 12.4 Å². The molecular formula is C8H17IN2. The zero-order valence-electron chi connectivity index (χ0n) is 7.98. The maximum atomic E-state index is 4.24. The maximum absolute atomic E-state index is 4.24. The molecule has 0 unspecified atom stereocenters. The van der Waals surface area contributed by atoms with E-state index in [0.29, 0.717) is 0 Å². The van der Waals surface area contributed by atoms with Crippen LogP contribution in [-0.2, 0) is 0 Å². The molecular weight excluding hydrogens is 251 g/mol. The minimum Gasteiger partial charge on any atom is -0.363 e. The van der Waals surface area contributed by atoms with Crippen molar-refractivity contribution in [1.82, 2.24) is 4.90 Å². The van der Waals surface area contributed by atoms with Gasteiger partial charge in [-0.2, -0.15) is 0 Å². The van der Waals surface area contributed by atoms with Crippen LogP contribution in [0.2, 0.25) is 0 Å². The van der Waals surface area contributed by atoms with Crippen LogP contribution in [0.25, 0.3) is 0 Å². The fourth-order valence-corrected chi connectivity index (χ4v) is 2.01. The molecule has 66 valence electrons. The Morgan fingerprint density at radius 3 is 2.00 bits per heavy atom. The summed E-state index contributed by atoms with van der Waals surface area (Å²) >= 11 is 2.06. The predicted octanol–water partition coefficient (Wildman–Crippen LogP) is 2.73. The monoisotopic (exact) mass is 268 g/mol. The van der Waals surface area contributed by atoms with Gasteiger partial charge >= 0.3 is 0 Å². The van der Waals surface area contributed by atoms with E-state index in [9.17, 15) is 0 Å². The van der Waals surface area contributed by atoms with Gasteiger partial charge in [0.15, 0.2) is 0 Å². The van der Waals surface area contributed by atoms with Crippen molar-refractivity contribution in [3.05, 3.63) is 0 Å². The minimum atomic E-state index is 0.159. The molecule has 0 aromatic rings. The van der Waals surface area contributed by atoms with Crippen LogP contribution in [0, 0.1) is 5.41 Å². The molecule has 0 aromatic heterocycles. The second-order valence-corrected chi connectivity index (χ2v) is 4.15. The summed E-state index contributed by atoms with van der Waals surface area (Å²) in [5, 5.41) is 0. The first-order chi connectivity index (χ1) is 4.93. The molecule has 0 fully saturated rings.